The fourth-order valence-corrected chi connectivity index (χ4v) is 2.40. The van der Waals surface area contributed by atoms with Crippen molar-refractivity contribution in [2.45, 2.75) is 26.2 Å². The summed E-state index contributed by atoms with van der Waals surface area (Å²) in [4.78, 5) is 31.4. The number of rotatable bonds is 4. The SMILES string of the molecule is Cc1ccnc2nc(C(=O)NCC3(C(=O)O)CCC3)nn12. The largest absolute Gasteiger partial charge is 0.481 e. The third kappa shape index (κ3) is 2.22. The summed E-state index contributed by atoms with van der Waals surface area (Å²) in [6, 6.07) is 1.76. The summed E-state index contributed by atoms with van der Waals surface area (Å²) in [6.45, 7) is 1.93. The second-order valence-electron chi connectivity index (χ2n) is 5.36. The fraction of sp³-hybridized carbons (Fsp3) is 0.462. The molecule has 8 heteroatoms. The first kappa shape index (κ1) is 13.5. The van der Waals surface area contributed by atoms with Gasteiger partial charge in [0, 0.05) is 18.4 Å². The highest BCUT2D eigenvalue weighted by molar-refractivity contribution is 5.91. The number of carbonyl (C=O) groups is 2. The van der Waals surface area contributed by atoms with Crippen molar-refractivity contribution in [3.63, 3.8) is 0 Å². The Morgan fingerprint density at radius 2 is 2.24 bits per heavy atom. The van der Waals surface area contributed by atoms with Crippen LogP contribution in [0.1, 0.15) is 35.6 Å². The Balaban J connectivity index is 1.75. The van der Waals surface area contributed by atoms with E-state index in [2.05, 4.69) is 20.4 Å². The third-order valence-corrected chi connectivity index (χ3v) is 3.98. The molecule has 0 atom stereocenters. The maximum absolute atomic E-state index is 12.1. The van der Waals surface area contributed by atoms with E-state index < -0.39 is 17.3 Å². The van der Waals surface area contributed by atoms with Crippen molar-refractivity contribution in [1.29, 1.82) is 0 Å². The maximum atomic E-state index is 12.1. The van der Waals surface area contributed by atoms with Crippen LogP contribution in [-0.4, -0.2) is 43.1 Å². The highest BCUT2D eigenvalue weighted by Crippen LogP contribution is 2.40. The molecule has 8 nitrogen and oxygen atoms in total. The Hall–Kier alpha value is -2.51. The molecule has 0 spiro atoms. The Kier molecular flexibility index (Phi) is 3.08. The van der Waals surface area contributed by atoms with Gasteiger partial charge in [0.1, 0.15) is 0 Å². The number of aryl methyl sites for hydroxylation is 1. The van der Waals surface area contributed by atoms with Gasteiger partial charge in [-0.25, -0.2) is 9.50 Å². The molecule has 0 aromatic carbocycles. The van der Waals surface area contributed by atoms with Crippen LogP contribution in [0.2, 0.25) is 0 Å². The van der Waals surface area contributed by atoms with Crippen LogP contribution >= 0.6 is 0 Å². The van der Waals surface area contributed by atoms with Gasteiger partial charge in [0.2, 0.25) is 5.82 Å². The van der Waals surface area contributed by atoms with Crippen molar-refractivity contribution in [2.24, 2.45) is 5.41 Å². The van der Waals surface area contributed by atoms with E-state index in [-0.39, 0.29) is 12.4 Å². The first-order valence-corrected chi connectivity index (χ1v) is 6.72. The Morgan fingerprint density at radius 3 is 2.81 bits per heavy atom. The minimum atomic E-state index is -0.866. The van der Waals surface area contributed by atoms with E-state index in [1.807, 2.05) is 6.92 Å². The first-order chi connectivity index (χ1) is 10.0. The molecule has 1 fully saturated rings. The number of carboxylic acids is 1. The molecule has 2 heterocycles. The number of aliphatic carboxylic acids is 1. The van der Waals surface area contributed by atoms with Crippen LogP contribution in [0.25, 0.3) is 5.78 Å². The van der Waals surface area contributed by atoms with E-state index in [0.29, 0.717) is 18.6 Å². The summed E-state index contributed by atoms with van der Waals surface area (Å²) in [5.41, 5.74) is -0.0178. The number of amides is 1. The summed E-state index contributed by atoms with van der Waals surface area (Å²) >= 11 is 0. The molecule has 2 N–H and O–H groups in total. The lowest BCUT2D eigenvalue weighted by Gasteiger charge is -2.37. The molecule has 21 heavy (non-hydrogen) atoms. The number of hydrogen-bond acceptors (Lipinski definition) is 5. The average molecular weight is 289 g/mol. The second kappa shape index (κ2) is 4.80. The van der Waals surface area contributed by atoms with E-state index in [1.54, 1.807) is 12.3 Å². The molecule has 0 saturated heterocycles. The molecule has 0 unspecified atom stereocenters. The molecular weight excluding hydrogens is 274 g/mol. The van der Waals surface area contributed by atoms with Crippen molar-refractivity contribution in [3.8, 4) is 0 Å². The molecule has 2 aromatic rings. The van der Waals surface area contributed by atoms with Gasteiger partial charge in [-0.1, -0.05) is 6.42 Å². The van der Waals surface area contributed by atoms with Crippen LogP contribution in [0.3, 0.4) is 0 Å². The van der Waals surface area contributed by atoms with Gasteiger partial charge in [-0.05, 0) is 25.8 Å². The summed E-state index contributed by atoms with van der Waals surface area (Å²) in [5, 5.41) is 15.9. The standard InChI is InChI=1S/C13H15N5O3/c1-8-3-6-14-12-16-9(17-18(8)12)10(19)15-7-13(11(20)21)4-2-5-13/h3,6H,2,4-5,7H2,1H3,(H,15,19)(H,20,21). The fourth-order valence-electron chi connectivity index (χ4n) is 2.40. The van der Waals surface area contributed by atoms with Crippen molar-refractivity contribution in [3.05, 3.63) is 23.8 Å². The number of hydrogen-bond donors (Lipinski definition) is 2. The van der Waals surface area contributed by atoms with Crippen molar-refractivity contribution in [1.82, 2.24) is 24.9 Å². The quantitative estimate of drug-likeness (QED) is 0.844. The van der Waals surface area contributed by atoms with Crippen molar-refractivity contribution >= 4 is 17.7 Å². The van der Waals surface area contributed by atoms with E-state index in [0.717, 1.165) is 12.1 Å². The summed E-state index contributed by atoms with van der Waals surface area (Å²) in [7, 11) is 0. The van der Waals surface area contributed by atoms with Gasteiger partial charge in [-0.3, -0.25) is 9.59 Å². The van der Waals surface area contributed by atoms with Crippen LogP contribution in [0, 0.1) is 12.3 Å². The summed E-state index contributed by atoms with van der Waals surface area (Å²) < 4.78 is 1.48. The number of aromatic nitrogens is 4. The molecule has 1 aliphatic rings. The van der Waals surface area contributed by atoms with Gasteiger partial charge >= 0.3 is 5.97 Å². The van der Waals surface area contributed by atoms with E-state index >= 15 is 0 Å². The minimum absolute atomic E-state index is 0.00309. The van der Waals surface area contributed by atoms with Crippen LogP contribution in [-0.2, 0) is 4.79 Å². The molecule has 0 aliphatic heterocycles. The number of carboxylic acid groups (broad SMARTS) is 1. The zero-order chi connectivity index (χ0) is 15.0. The molecule has 3 rings (SSSR count). The van der Waals surface area contributed by atoms with Crippen LogP contribution in [0.5, 0.6) is 0 Å². The first-order valence-electron chi connectivity index (χ1n) is 6.72. The summed E-state index contributed by atoms with van der Waals surface area (Å²) in [6.07, 6.45) is 3.64. The van der Waals surface area contributed by atoms with Gasteiger partial charge in [0.15, 0.2) is 0 Å². The van der Waals surface area contributed by atoms with Crippen molar-refractivity contribution < 1.29 is 14.7 Å². The molecule has 1 saturated carbocycles. The maximum Gasteiger partial charge on any atom is 0.311 e. The van der Waals surface area contributed by atoms with E-state index in [1.165, 1.54) is 4.52 Å². The number of nitrogens with one attached hydrogen (secondary N) is 1. The van der Waals surface area contributed by atoms with E-state index in [4.69, 9.17) is 0 Å². The molecular formula is C13H15N5O3. The van der Waals surface area contributed by atoms with Crippen LogP contribution < -0.4 is 5.32 Å². The Bertz CT molecular complexity index is 720. The molecule has 0 bridgehead atoms. The zero-order valence-corrected chi connectivity index (χ0v) is 11.5. The lowest BCUT2D eigenvalue weighted by atomic mass is 9.69. The lowest BCUT2D eigenvalue weighted by molar-refractivity contribution is -0.153. The smallest absolute Gasteiger partial charge is 0.311 e. The molecule has 110 valence electrons. The topological polar surface area (TPSA) is 109 Å². The average Bonchev–Trinajstić information content (AvgIpc) is 2.82. The van der Waals surface area contributed by atoms with Crippen LogP contribution in [0.15, 0.2) is 12.3 Å². The Labute approximate surface area is 120 Å². The molecule has 1 amide bonds. The van der Waals surface area contributed by atoms with Crippen LogP contribution in [0.4, 0.5) is 0 Å². The van der Waals surface area contributed by atoms with Gasteiger partial charge in [-0.2, -0.15) is 4.98 Å². The molecule has 2 aromatic heterocycles. The summed E-state index contributed by atoms with van der Waals surface area (Å²) in [5.74, 6) is -1.00. The predicted octanol–water partition coefficient (Wildman–Crippen LogP) is 0.417. The monoisotopic (exact) mass is 289 g/mol. The highest BCUT2D eigenvalue weighted by atomic mass is 16.4. The number of nitrogens with zero attached hydrogens (tertiary/aromatic N) is 4. The third-order valence-electron chi connectivity index (χ3n) is 3.98. The molecule has 0 radical (unpaired) electrons. The molecule has 1 aliphatic carbocycles. The van der Waals surface area contributed by atoms with Crippen molar-refractivity contribution in [2.75, 3.05) is 6.54 Å². The lowest BCUT2D eigenvalue weighted by Crippen LogP contribution is -2.47. The van der Waals surface area contributed by atoms with Gasteiger partial charge in [0.25, 0.3) is 11.7 Å². The van der Waals surface area contributed by atoms with Gasteiger partial charge in [-0.15, -0.1) is 5.10 Å². The predicted molar refractivity (Wildman–Crippen MR) is 71.8 cm³/mol. The Morgan fingerprint density at radius 1 is 1.48 bits per heavy atom. The van der Waals surface area contributed by atoms with Gasteiger partial charge < -0.3 is 10.4 Å². The number of carbonyl (C=O) groups excluding carboxylic acids is 1. The zero-order valence-electron chi connectivity index (χ0n) is 11.5. The number of fused-ring (bicyclic) bond motifs is 1. The minimum Gasteiger partial charge on any atom is -0.481 e. The second-order valence-corrected chi connectivity index (χ2v) is 5.36. The van der Waals surface area contributed by atoms with E-state index in [9.17, 15) is 14.7 Å². The van der Waals surface area contributed by atoms with Gasteiger partial charge in [0.05, 0.1) is 5.41 Å². The highest BCUT2D eigenvalue weighted by Gasteiger charge is 2.44. The normalized spacial score (nSPS) is 16.4.